The van der Waals surface area contributed by atoms with E-state index in [4.69, 9.17) is 17.3 Å². The molecule has 0 bridgehead atoms. The quantitative estimate of drug-likeness (QED) is 0.308. The van der Waals surface area contributed by atoms with E-state index in [1.807, 2.05) is 6.08 Å². The van der Waals surface area contributed by atoms with E-state index in [1.165, 1.54) is 0 Å². The van der Waals surface area contributed by atoms with Crippen LogP contribution in [0, 0.1) is 0 Å². The zero-order chi connectivity index (χ0) is 9.40. The van der Waals surface area contributed by atoms with Gasteiger partial charge < -0.3 is 5.73 Å². The highest BCUT2D eigenvalue weighted by Crippen LogP contribution is 1.97. The smallest absolute Gasteiger partial charge is 0.219 e. The number of alkyl halides is 1. The molecule has 0 aromatic carbocycles. The molecule has 0 fully saturated rings. The lowest BCUT2D eigenvalue weighted by Gasteiger charge is -1.91. The van der Waals surface area contributed by atoms with Crippen molar-refractivity contribution < 1.29 is 0 Å². The molecule has 0 aliphatic rings. The van der Waals surface area contributed by atoms with Gasteiger partial charge in [-0.15, -0.1) is 11.6 Å². The molecule has 0 spiro atoms. The lowest BCUT2D eigenvalue weighted by molar-refractivity contribution is 1.22. The minimum Gasteiger partial charge on any atom is -0.368 e. The number of hydrogen-bond donors (Lipinski definition) is 1. The summed E-state index contributed by atoms with van der Waals surface area (Å²) in [6, 6.07) is 0. The fraction of sp³-hybridized carbons (Fsp3) is 0.250. The van der Waals surface area contributed by atoms with E-state index in [0.717, 1.165) is 6.42 Å². The highest BCUT2D eigenvalue weighted by molar-refractivity contribution is 6.17. The molecule has 12 heavy (non-hydrogen) atoms. The zero-order valence-corrected chi connectivity index (χ0v) is 7.59. The Balaban J connectivity index is 3.97. The maximum absolute atomic E-state index is 5.45. The van der Waals surface area contributed by atoms with Gasteiger partial charge in [-0.2, -0.15) is 0 Å². The first kappa shape index (κ1) is 10.9. The van der Waals surface area contributed by atoms with Gasteiger partial charge in [-0.1, -0.05) is 12.7 Å². The van der Waals surface area contributed by atoms with E-state index in [1.54, 1.807) is 6.08 Å². The summed E-state index contributed by atoms with van der Waals surface area (Å²) in [5.74, 6) is 0.707. The molecule has 0 radical (unpaired) electrons. The second kappa shape index (κ2) is 6.61. The number of nitrogens with zero attached hydrogens (tertiary/aromatic N) is 2. The fourth-order valence-corrected chi connectivity index (χ4v) is 0.628. The van der Waals surface area contributed by atoms with Crippen LogP contribution in [0.25, 0.3) is 0 Å². The van der Waals surface area contributed by atoms with E-state index in [9.17, 15) is 0 Å². The standard InChI is InChI=1S/C8H12ClN3/c1-7(5-3-4-6-9)12-8(10)11-2/h3,5H,1-2,4,6H2,(H2,10,12)/b5-3-. The molecular weight excluding hydrogens is 174 g/mol. The van der Waals surface area contributed by atoms with Gasteiger partial charge in [-0.25, -0.2) is 9.98 Å². The zero-order valence-electron chi connectivity index (χ0n) is 6.83. The van der Waals surface area contributed by atoms with Gasteiger partial charge in [-0.3, -0.25) is 0 Å². The minimum absolute atomic E-state index is 0.121. The van der Waals surface area contributed by atoms with E-state index < -0.39 is 0 Å². The lowest BCUT2D eigenvalue weighted by Crippen LogP contribution is -2.06. The van der Waals surface area contributed by atoms with E-state index in [0.29, 0.717) is 11.6 Å². The molecule has 0 amide bonds. The van der Waals surface area contributed by atoms with Crippen LogP contribution in [0.4, 0.5) is 0 Å². The van der Waals surface area contributed by atoms with Crippen molar-refractivity contribution in [1.82, 2.24) is 0 Å². The Kier molecular flexibility index (Phi) is 6.01. The molecule has 0 aromatic heterocycles. The summed E-state index contributed by atoms with van der Waals surface area (Å²) in [6.07, 6.45) is 4.40. The third-order valence-corrected chi connectivity index (χ3v) is 1.22. The Hall–Kier alpha value is -1.09. The first-order chi connectivity index (χ1) is 5.70. The number of guanidine groups is 1. The number of halogens is 1. The second-order valence-corrected chi connectivity index (χ2v) is 2.38. The van der Waals surface area contributed by atoms with Crippen LogP contribution in [0.3, 0.4) is 0 Å². The fourth-order valence-electron chi connectivity index (χ4n) is 0.502. The molecular formula is C8H12ClN3. The second-order valence-electron chi connectivity index (χ2n) is 2.00. The average Bonchev–Trinajstić information content (AvgIpc) is 2.05. The molecule has 0 saturated carbocycles. The van der Waals surface area contributed by atoms with E-state index in [2.05, 4.69) is 23.3 Å². The van der Waals surface area contributed by atoms with Gasteiger partial charge >= 0.3 is 0 Å². The summed E-state index contributed by atoms with van der Waals surface area (Å²) < 4.78 is 0. The Morgan fingerprint density at radius 2 is 2.25 bits per heavy atom. The van der Waals surface area contributed by atoms with Gasteiger partial charge in [-0.05, 0) is 19.2 Å². The van der Waals surface area contributed by atoms with Crippen molar-refractivity contribution in [1.29, 1.82) is 0 Å². The maximum atomic E-state index is 5.45. The molecule has 0 atom stereocenters. The molecule has 4 heteroatoms. The van der Waals surface area contributed by atoms with Crippen molar-refractivity contribution in [3.05, 3.63) is 24.4 Å². The van der Waals surface area contributed by atoms with Gasteiger partial charge in [0.05, 0.1) is 5.70 Å². The van der Waals surface area contributed by atoms with Crippen molar-refractivity contribution in [2.75, 3.05) is 5.88 Å². The molecule has 0 saturated heterocycles. The van der Waals surface area contributed by atoms with Crippen LogP contribution in [0.2, 0.25) is 0 Å². The normalized spacial score (nSPS) is 11.9. The van der Waals surface area contributed by atoms with Crippen LogP contribution in [-0.2, 0) is 0 Å². The van der Waals surface area contributed by atoms with Crippen molar-refractivity contribution in [2.45, 2.75) is 6.42 Å². The van der Waals surface area contributed by atoms with Gasteiger partial charge in [0.15, 0.2) is 0 Å². The first-order valence-corrected chi connectivity index (χ1v) is 3.96. The number of rotatable bonds is 4. The Labute approximate surface area is 77.3 Å². The largest absolute Gasteiger partial charge is 0.368 e. The number of nitrogens with two attached hydrogens (primary N) is 1. The Morgan fingerprint density at radius 1 is 1.58 bits per heavy atom. The highest BCUT2D eigenvalue weighted by atomic mass is 35.5. The van der Waals surface area contributed by atoms with E-state index >= 15 is 0 Å². The molecule has 0 aromatic rings. The van der Waals surface area contributed by atoms with E-state index in [-0.39, 0.29) is 5.96 Å². The predicted molar refractivity (Wildman–Crippen MR) is 54.8 cm³/mol. The van der Waals surface area contributed by atoms with Crippen LogP contribution in [0.1, 0.15) is 6.42 Å². The molecule has 0 aliphatic carbocycles. The molecule has 0 heterocycles. The summed E-state index contributed by atoms with van der Waals surface area (Å²) in [6.45, 7) is 6.85. The van der Waals surface area contributed by atoms with Crippen LogP contribution >= 0.6 is 11.6 Å². The van der Waals surface area contributed by atoms with Gasteiger partial charge in [0, 0.05) is 5.88 Å². The van der Waals surface area contributed by atoms with Crippen molar-refractivity contribution in [3.63, 3.8) is 0 Å². The minimum atomic E-state index is 0.121. The third kappa shape index (κ3) is 5.68. The average molecular weight is 186 g/mol. The Bertz CT molecular complexity index is 218. The maximum Gasteiger partial charge on any atom is 0.219 e. The molecule has 0 aliphatic heterocycles. The summed E-state index contributed by atoms with van der Waals surface area (Å²) in [5, 5.41) is 0. The van der Waals surface area contributed by atoms with Crippen molar-refractivity contribution in [3.8, 4) is 0 Å². The summed E-state index contributed by atoms with van der Waals surface area (Å²) in [5.41, 5.74) is 5.82. The van der Waals surface area contributed by atoms with Gasteiger partial charge in [0.1, 0.15) is 0 Å². The van der Waals surface area contributed by atoms with Crippen LogP contribution in [0.15, 0.2) is 34.4 Å². The van der Waals surface area contributed by atoms with Crippen LogP contribution in [-0.4, -0.2) is 18.6 Å². The summed E-state index contributed by atoms with van der Waals surface area (Å²) >= 11 is 5.45. The summed E-state index contributed by atoms with van der Waals surface area (Å²) in [7, 11) is 0. The molecule has 66 valence electrons. The number of aliphatic imine (C=N–C) groups is 2. The molecule has 2 N–H and O–H groups in total. The van der Waals surface area contributed by atoms with Crippen molar-refractivity contribution >= 4 is 24.3 Å². The number of allylic oxidation sites excluding steroid dienone is 2. The monoisotopic (exact) mass is 185 g/mol. The summed E-state index contributed by atoms with van der Waals surface area (Å²) in [4.78, 5) is 7.22. The van der Waals surface area contributed by atoms with Gasteiger partial charge in [0.2, 0.25) is 5.96 Å². The van der Waals surface area contributed by atoms with Crippen LogP contribution in [0.5, 0.6) is 0 Å². The molecule has 0 unspecified atom stereocenters. The molecule has 3 nitrogen and oxygen atoms in total. The topological polar surface area (TPSA) is 50.7 Å². The SMILES string of the molecule is C=NC(N)=NC(=C)/C=C\CCCl. The van der Waals surface area contributed by atoms with Crippen molar-refractivity contribution in [2.24, 2.45) is 15.7 Å². The predicted octanol–water partition coefficient (Wildman–Crippen LogP) is 1.70. The number of hydrogen-bond acceptors (Lipinski definition) is 1. The Morgan fingerprint density at radius 3 is 2.75 bits per heavy atom. The first-order valence-electron chi connectivity index (χ1n) is 3.43. The van der Waals surface area contributed by atoms with Gasteiger partial charge in [0.25, 0.3) is 0 Å². The lowest BCUT2D eigenvalue weighted by atomic mass is 10.3. The third-order valence-electron chi connectivity index (χ3n) is 1.01. The van der Waals surface area contributed by atoms with Crippen LogP contribution < -0.4 is 5.73 Å². The molecule has 0 rings (SSSR count). The highest BCUT2D eigenvalue weighted by Gasteiger charge is 1.85.